The van der Waals surface area contributed by atoms with Gasteiger partial charge in [-0.05, 0) is 49.3 Å². The maximum absolute atomic E-state index is 14.1. The number of carbonyl (C=O) groups is 1. The Balaban J connectivity index is 1.99. The van der Waals surface area contributed by atoms with Crippen molar-refractivity contribution in [1.82, 2.24) is 0 Å². The molecule has 0 saturated carbocycles. The van der Waals surface area contributed by atoms with E-state index in [0.717, 1.165) is 10.8 Å². The van der Waals surface area contributed by atoms with Crippen molar-refractivity contribution in [2.45, 2.75) is 35.5 Å². The first-order valence-corrected chi connectivity index (χ1v) is 14.7. The number of aromatic hydroxyl groups is 1. The number of phenolic OH excluding ortho intramolecular Hbond substituents is 1. The topological polar surface area (TPSA) is 82.1 Å². The van der Waals surface area contributed by atoms with E-state index in [2.05, 4.69) is 0 Å². The molecule has 0 bridgehead atoms. The minimum Gasteiger partial charge on any atom is -0.544 e. The number of ether oxygens (including phenoxy) is 2. The van der Waals surface area contributed by atoms with Crippen LogP contribution in [-0.4, -0.2) is 30.7 Å². The number of rotatable bonds is 6. The minimum atomic E-state index is -2.08. The normalized spacial score (nSPS) is 16.8. The van der Waals surface area contributed by atoms with Crippen molar-refractivity contribution in [3.8, 4) is 17.2 Å². The monoisotopic (exact) mass is 468 g/mol. The van der Waals surface area contributed by atoms with Crippen molar-refractivity contribution in [3.63, 3.8) is 0 Å². The minimum absolute atomic E-state index is 0.139. The fraction of sp³-hybridized carbons (Fsp3) is 0.208. The van der Waals surface area contributed by atoms with Crippen LogP contribution < -0.4 is 9.16 Å². The van der Waals surface area contributed by atoms with Gasteiger partial charge in [-0.2, -0.15) is 0 Å². The third kappa shape index (κ3) is 4.15. The SMILES string of the molecule is COc1ccc2ccccc2c1S(=O)c1c(O)ccc(O[Si](C)(C)C)c1[C@H]1C=CC(=O)O1. The lowest BCUT2D eigenvalue weighted by Crippen LogP contribution is -2.30. The van der Waals surface area contributed by atoms with Crippen LogP contribution >= 0.6 is 0 Å². The molecule has 1 aliphatic rings. The molecule has 1 unspecified atom stereocenters. The zero-order valence-electron chi connectivity index (χ0n) is 18.2. The Morgan fingerprint density at radius 3 is 2.38 bits per heavy atom. The Bertz CT molecular complexity index is 1260. The molecule has 0 aliphatic carbocycles. The van der Waals surface area contributed by atoms with E-state index in [0.29, 0.717) is 22.0 Å². The number of methoxy groups -OCH3 is 1. The predicted octanol–water partition coefficient (Wildman–Crippen LogP) is 5.09. The highest BCUT2D eigenvalue weighted by molar-refractivity contribution is 7.85. The van der Waals surface area contributed by atoms with E-state index in [4.69, 9.17) is 13.9 Å². The molecule has 4 rings (SSSR count). The number of carbonyl (C=O) groups excluding carboxylic acids is 1. The largest absolute Gasteiger partial charge is 0.544 e. The molecule has 2 atom stereocenters. The molecule has 1 heterocycles. The number of benzene rings is 3. The van der Waals surface area contributed by atoms with Crippen LogP contribution in [-0.2, 0) is 20.3 Å². The van der Waals surface area contributed by atoms with Crippen LogP contribution in [0.1, 0.15) is 11.7 Å². The third-order valence-corrected chi connectivity index (χ3v) is 7.34. The second-order valence-electron chi connectivity index (χ2n) is 8.34. The van der Waals surface area contributed by atoms with Crippen molar-refractivity contribution in [1.29, 1.82) is 0 Å². The van der Waals surface area contributed by atoms with E-state index in [1.54, 1.807) is 18.2 Å². The number of phenols is 1. The van der Waals surface area contributed by atoms with Crippen molar-refractivity contribution in [3.05, 3.63) is 66.2 Å². The molecule has 1 N–H and O–H groups in total. The molecule has 8 heteroatoms. The average molecular weight is 469 g/mol. The van der Waals surface area contributed by atoms with E-state index < -0.39 is 31.2 Å². The van der Waals surface area contributed by atoms with Gasteiger partial charge < -0.3 is 19.0 Å². The summed E-state index contributed by atoms with van der Waals surface area (Å²) >= 11 is 0. The average Bonchev–Trinajstić information content (AvgIpc) is 3.18. The summed E-state index contributed by atoms with van der Waals surface area (Å²) in [7, 11) is -2.44. The lowest BCUT2D eigenvalue weighted by Gasteiger charge is -2.25. The van der Waals surface area contributed by atoms with Crippen molar-refractivity contribution in [2.75, 3.05) is 7.11 Å². The Morgan fingerprint density at radius 1 is 1.00 bits per heavy atom. The Morgan fingerprint density at radius 2 is 1.72 bits per heavy atom. The summed E-state index contributed by atoms with van der Waals surface area (Å²) in [5.74, 6) is 0.195. The van der Waals surface area contributed by atoms with E-state index in [-0.39, 0.29) is 10.6 Å². The molecule has 0 saturated heterocycles. The van der Waals surface area contributed by atoms with Crippen molar-refractivity contribution in [2.24, 2.45) is 0 Å². The number of hydrogen-bond donors (Lipinski definition) is 1. The standard InChI is InChI=1S/C24H24O6SSi/c1-28-20-11-9-15-7-5-6-8-16(15)23(20)31(27)24-17(25)10-12-19(30-32(2,3)4)22(24)18-13-14-21(26)29-18/h5-14,18,25H,1-4H3/t18-,31?/m1/s1. The molecule has 32 heavy (non-hydrogen) atoms. The summed E-state index contributed by atoms with van der Waals surface area (Å²) < 4.78 is 31.3. The predicted molar refractivity (Wildman–Crippen MR) is 125 cm³/mol. The molecule has 0 radical (unpaired) electrons. The molecule has 166 valence electrons. The van der Waals surface area contributed by atoms with Gasteiger partial charge in [0.25, 0.3) is 0 Å². The smallest absolute Gasteiger partial charge is 0.331 e. The summed E-state index contributed by atoms with van der Waals surface area (Å²) in [4.78, 5) is 12.4. The highest BCUT2D eigenvalue weighted by atomic mass is 32.2. The van der Waals surface area contributed by atoms with Crippen LogP contribution in [0.2, 0.25) is 19.6 Å². The van der Waals surface area contributed by atoms with Gasteiger partial charge in [0.1, 0.15) is 17.2 Å². The molecule has 0 amide bonds. The fourth-order valence-corrected chi connectivity index (χ4v) is 6.09. The summed E-state index contributed by atoms with van der Waals surface area (Å²) in [6.07, 6.45) is 2.08. The van der Waals surface area contributed by atoms with Crippen LogP contribution in [0.4, 0.5) is 0 Å². The van der Waals surface area contributed by atoms with Crippen LogP contribution in [0.15, 0.2) is 70.5 Å². The van der Waals surface area contributed by atoms with Crippen LogP contribution in [0.3, 0.4) is 0 Å². The van der Waals surface area contributed by atoms with Gasteiger partial charge in [-0.25, -0.2) is 9.00 Å². The van der Waals surface area contributed by atoms with Gasteiger partial charge >= 0.3 is 5.97 Å². The Hall–Kier alpha value is -3.10. The van der Waals surface area contributed by atoms with E-state index in [9.17, 15) is 14.1 Å². The van der Waals surface area contributed by atoms with Crippen LogP contribution in [0, 0.1) is 0 Å². The number of hydrogen-bond acceptors (Lipinski definition) is 6. The van der Waals surface area contributed by atoms with E-state index in [1.165, 1.54) is 19.3 Å². The van der Waals surface area contributed by atoms with Gasteiger partial charge in [-0.1, -0.05) is 30.3 Å². The number of esters is 1. The molecule has 0 aromatic heterocycles. The molecule has 0 spiro atoms. The second-order valence-corrected chi connectivity index (χ2v) is 14.1. The van der Waals surface area contributed by atoms with Crippen molar-refractivity contribution < 1.29 is 28.0 Å². The van der Waals surface area contributed by atoms with Gasteiger partial charge in [0.2, 0.25) is 8.32 Å². The quantitative estimate of drug-likeness (QED) is 0.401. The molecule has 0 fully saturated rings. The molecular formula is C24H24O6SSi. The fourth-order valence-electron chi connectivity index (χ4n) is 3.65. The highest BCUT2D eigenvalue weighted by Crippen LogP contribution is 2.45. The molecule has 6 nitrogen and oxygen atoms in total. The molecule has 1 aliphatic heterocycles. The van der Waals surface area contributed by atoms with E-state index >= 15 is 0 Å². The van der Waals surface area contributed by atoms with Gasteiger partial charge in [-0.15, -0.1) is 0 Å². The zero-order valence-corrected chi connectivity index (χ0v) is 20.1. The van der Waals surface area contributed by atoms with Crippen LogP contribution in [0.5, 0.6) is 17.2 Å². The molecule has 3 aromatic carbocycles. The first kappa shape index (κ1) is 22.1. The summed E-state index contributed by atoms with van der Waals surface area (Å²) in [6, 6.07) is 14.3. The first-order valence-electron chi connectivity index (χ1n) is 10.1. The summed E-state index contributed by atoms with van der Waals surface area (Å²) in [5, 5.41) is 12.5. The van der Waals surface area contributed by atoms with Gasteiger partial charge in [0, 0.05) is 11.5 Å². The Labute approximate surface area is 190 Å². The van der Waals surface area contributed by atoms with Crippen molar-refractivity contribution >= 4 is 35.9 Å². The number of fused-ring (bicyclic) bond motifs is 1. The maximum Gasteiger partial charge on any atom is 0.331 e. The first-order chi connectivity index (χ1) is 15.2. The Kier molecular flexibility index (Phi) is 5.83. The second kappa shape index (κ2) is 8.44. The zero-order chi connectivity index (χ0) is 23.0. The number of cyclic esters (lactones) is 1. The lowest BCUT2D eigenvalue weighted by molar-refractivity contribution is -0.138. The van der Waals surface area contributed by atoms with Gasteiger partial charge in [0.15, 0.2) is 6.10 Å². The molecular weight excluding hydrogens is 444 g/mol. The van der Waals surface area contributed by atoms with E-state index in [1.807, 2.05) is 50.0 Å². The summed E-state index contributed by atoms with van der Waals surface area (Å²) in [5.41, 5.74) is 0.378. The summed E-state index contributed by atoms with van der Waals surface area (Å²) in [6.45, 7) is 6.06. The van der Waals surface area contributed by atoms with Gasteiger partial charge in [0.05, 0.1) is 33.3 Å². The van der Waals surface area contributed by atoms with Gasteiger partial charge in [-0.3, -0.25) is 0 Å². The third-order valence-electron chi connectivity index (χ3n) is 4.92. The molecule has 3 aromatic rings. The van der Waals surface area contributed by atoms with Crippen LogP contribution in [0.25, 0.3) is 10.8 Å². The maximum atomic E-state index is 14.1. The highest BCUT2D eigenvalue weighted by Gasteiger charge is 2.33. The lowest BCUT2D eigenvalue weighted by atomic mass is 10.1.